The second-order valence-corrected chi connectivity index (χ2v) is 6.59. The van der Waals surface area contributed by atoms with Crippen molar-refractivity contribution in [2.45, 2.75) is 32.9 Å². The van der Waals surface area contributed by atoms with Crippen molar-refractivity contribution < 1.29 is 23.5 Å². The van der Waals surface area contributed by atoms with E-state index in [9.17, 15) is 14.0 Å². The lowest BCUT2D eigenvalue weighted by Crippen LogP contribution is -2.42. The molecule has 27 heavy (non-hydrogen) atoms. The largest absolute Gasteiger partial charge is 0.496 e. The van der Waals surface area contributed by atoms with E-state index >= 15 is 0 Å². The van der Waals surface area contributed by atoms with Crippen LogP contribution in [-0.4, -0.2) is 25.0 Å². The minimum atomic E-state index is -0.839. The summed E-state index contributed by atoms with van der Waals surface area (Å²) in [6, 6.07) is 12.1. The molecule has 1 amide bonds. The molecule has 2 aromatic rings. The van der Waals surface area contributed by atoms with Crippen LogP contribution >= 0.6 is 0 Å². The number of amides is 1. The standard InChI is InChI=1S/C21H24FNO4/c1-14(2)11-18(21(25)27-13-15-7-5-4-6-8-15)23-20(24)17-12-16(22)9-10-19(17)26-3/h4-10,12,14,18H,11,13H2,1-3H3,(H,23,24)/t18-/m0/s1. The topological polar surface area (TPSA) is 64.6 Å². The van der Waals surface area contributed by atoms with Gasteiger partial charge in [-0.3, -0.25) is 4.79 Å². The fourth-order valence-electron chi connectivity index (χ4n) is 2.61. The van der Waals surface area contributed by atoms with Gasteiger partial charge in [0.1, 0.15) is 24.2 Å². The molecule has 2 aromatic carbocycles. The number of carbonyl (C=O) groups is 2. The third kappa shape index (κ3) is 6.09. The van der Waals surface area contributed by atoms with Gasteiger partial charge in [-0.25, -0.2) is 9.18 Å². The Morgan fingerprint density at radius 3 is 2.44 bits per heavy atom. The first-order chi connectivity index (χ1) is 12.9. The van der Waals surface area contributed by atoms with Gasteiger partial charge in [-0.1, -0.05) is 44.2 Å². The van der Waals surface area contributed by atoms with Gasteiger partial charge in [-0.2, -0.15) is 0 Å². The molecule has 2 rings (SSSR count). The summed E-state index contributed by atoms with van der Waals surface area (Å²) in [7, 11) is 1.39. The summed E-state index contributed by atoms with van der Waals surface area (Å²) in [6.07, 6.45) is 0.400. The summed E-state index contributed by atoms with van der Waals surface area (Å²) in [5.41, 5.74) is 0.884. The fourth-order valence-corrected chi connectivity index (χ4v) is 2.61. The van der Waals surface area contributed by atoms with Crippen LogP contribution in [0.4, 0.5) is 4.39 Å². The quantitative estimate of drug-likeness (QED) is 0.716. The number of nitrogens with one attached hydrogen (secondary N) is 1. The van der Waals surface area contributed by atoms with Crippen LogP contribution in [0.5, 0.6) is 5.75 Å². The normalized spacial score (nSPS) is 11.7. The average Bonchev–Trinajstić information content (AvgIpc) is 2.66. The number of methoxy groups -OCH3 is 1. The number of esters is 1. The average molecular weight is 373 g/mol. The molecule has 144 valence electrons. The third-order valence-corrected chi connectivity index (χ3v) is 3.93. The van der Waals surface area contributed by atoms with E-state index < -0.39 is 23.7 Å². The summed E-state index contributed by atoms with van der Waals surface area (Å²) in [5.74, 6) is -1.30. The lowest BCUT2D eigenvalue weighted by Gasteiger charge is -2.20. The number of halogens is 1. The number of ether oxygens (including phenoxy) is 2. The first-order valence-electron chi connectivity index (χ1n) is 8.75. The lowest BCUT2D eigenvalue weighted by atomic mass is 10.0. The predicted octanol–water partition coefficient (Wildman–Crippen LogP) is 3.72. The van der Waals surface area contributed by atoms with Gasteiger partial charge in [0.2, 0.25) is 0 Å². The van der Waals surface area contributed by atoms with Crippen molar-refractivity contribution in [2.24, 2.45) is 5.92 Å². The van der Waals surface area contributed by atoms with E-state index in [4.69, 9.17) is 9.47 Å². The van der Waals surface area contributed by atoms with Crippen molar-refractivity contribution in [1.82, 2.24) is 5.32 Å². The number of rotatable bonds is 8. The van der Waals surface area contributed by atoms with Crippen LogP contribution in [0, 0.1) is 11.7 Å². The molecule has 0 saturated carbocycles. The predicted molar refractivity (Wildman–Crippen MR) is 99.9 cm³/mol. The van der Waals surface area contributed by atoms with Crippen molar-refractivity contribution in [2.75, 3.05) is 7.11 Å². The number of benzene rings is 2. The van der Waals surface area contributed by atoms with Crippen LogP contribution in [0.1, 0.15) is 36.2 Å². The Labute approximate surface area is 158 Å². The van der Waals surface area contributed by atoms with Gasteiger partial charge >= 0.3 is 5.97 Å². The van der Waals surface area contributed by atoms with Crippen LogP contribution in [0.2, 0.25) is 0 Å². The molecule has 0 unspecified atom stereocenters. The number of carbonyl (C=O) groups excluding carboxylic acids is 2. The Hall–Kier alpha value is -2.89. The molecule has 0 saturated heterocycles. The highest BCUT2D eigenvalue weighted by Gasteiger charge is 2.25. The van der Waals surface area contributed by atoms with E-state index in [2.05, 4.69) is 5.32 Å². The fraction of sp³-hybridized carbons (Fsp3) is 0.333. The van der Waals surface area contributed by atoms with E-state index in [1.54, 1.807) is 0 Å². The van der Waals surface area contributed by atoms with Crippen LogP contribution in [0.3, 0.4) is 0 Å². The van der Waals surface area contributed by atoms with Crippen molar-refractivity contribution in [3.8, 4) is 5.75 Å². The Balaban J connectivity index is 2.10. The summed E-state index contributed by atoms with van der Waals surface area (Å²) < 4.78 is 24.0. The Morgan fingerprint density at radius 2 is 1.81 bits per heavy atom. The molecule has 1 N–H and O–H groups in total. The van der Waals surface area contributed by atoms with E-state index in [0.29, 0.717) is 6.42 Å². The molecule has 1 atom stereocenters. The minimum Gasteiger partial charge on any atom is -0.496 e. The van der Waals surface area contributed by atoms with Crippen LogP contribution in [-0.2, 0) is 16.1 Å². The van der Waals surface area contributed by atoms with E-state index in [0.717, 1.165) is 11.6 Å². The first-order valence-corrected chi connectivity index (χ1v) is 8.75. The van der Waals surface area contributed by atoms with Gasteiger partial charge in [0.15, 0.2) is 0 Å². The molecule has 5 nitrogen and oxygen atoms in total. The van der Waals surface area contributed by atoms with Crippen molar-refractivity contribution in [3.63, 3.8) is 0 Å². The zero-order valence-corrected chi connectivity index (χ0v) is 15.7. The zero-order valence-electron chi connectivity index (χ0n) is 15.7. The second kappa shape index (κ2) is 9.71. The molecule has 0 fully saturated rings. The van der Waals surface area contributed by atoms with Crippen molar-refractivity contribution >= 4 is 11.9 Å². The van der Waals surface area contributed by atoms with E-state index in [1.807, 2.05) is 44.2 Å². The maximum atomic E-state index is 13.5. The van der Waals surface area contributed by atoms with E-state index in [-0.39, 0.29) is 23.8 Å². The monoisotopic (exact) mass is 373 g/mol. The maximum Gasteiger partial charge on any atom is 0.328 e. The molecule has 0 aromatic heterocycles. The van der Waals surface area contributed by atoms with Crippen LogP contribution in [0.25, 0.3) is 0 Å². The molecule has 6 heteroatoms. The molecule has 0 bridgehead atoms. The molecule has 0 aliphatic carbocycles. The molecular formula is C21H24FNO4. The molecular weight excluding hydrogens is 349 g/mol. The molecule has 0 aliphatic heterocycles. The molecule has 0 aliphatic rings. The van der Waals surface area contributed by atoms with Gasteiger partial charge < -0.3 is 14.8 Å². The number of hydrogen-bond acceptors (Lipinski definition) is 4. The van der Waals surface area contributed by atoms with Crippen molar-refractivity contribution in [1.29, 1.82) is 0 Å². The Bertz CT molecular complexity index is 777. The molecule has 0 heterocycles. The van der Waals surface area contributed by atoms with E-state index in [1.165, 1.54) is 19.2 Å². The van der Waals surface area contributed by atoms with Crippen LogP contribution < -0.4 is 10.1 Å². The van der Waals surface area contributed by atoms with Gasteiger partial charge in [0.05, 0.1) is 12.7 Å². The highest BCUT2D eigenvalue weighted by molar-refractivity contribution is 5.99. The highest BCUT2D eigenvalue weighted by atomic mass is 19.1. The molecule has 0 spiro atoms. The van der Waals surface area contributed by atoms with Gasteiger partial charge in [0.25, 0.3) is 5.91 Å². The smallest absolute Gasteiger partial charge is 0.328 e. The second-order valence-electron chi connectivity index (χ2n) is 6.59. The van der Waals surface area contributed by atoms with Gasteiger partial charge in [-0.15, -0.1) is 0 Å². The minimum absolute atomic E-state index is 0.0297. The molecule has 0 radical (unpaired) electrons. The third-order valence-electron chi connectivity index (χ3n) is 3.93. The summed E-state index contributed by atoms with van der Waals surface area (Å²) >= 11 is 0. The van der Waals surface area contributed by atoms with Gasteiger partial charge in [-0.05, 0) is 36.1 Å². The lowest BCUT2D eigenvalue weighted by molar-refractivity contribution is -0.147. The van der Waals surface area contributed by atoms with Crippen molar-refractivity contribution in [3.05, 3.63) is 65.5 Å². The summed E-state index contributed by atoms with van der Waals surface area (Å²) in [4.78, 5) is 25.1. The highest BCUT2D eigenvalue weighted by Crippen LogP contribution is 2.20. The SMILES string of the molecule is COc1ccc(F)cc1C(=O)N[C@@H](CC(C)C)C(=O)OCc1ccccc1. The number of hydrogen-bond donors (Lipinski definition) is 1. The Morgan fingerprint density at radius 1 is 1.11 bits per heavy atom. The maximum absolute atomic E-state index is 13.5. The summed E-state index contributed by atoms with van der Waals surface area (Å²) in [6.45, 7) is 3.99. The van der Waals surface area contributed by atoms with Gasteiger partial charge in [0, 0.05) is 0 Å². The summed E-state index contributed by atoms with van der Waals surface area (Å²) in [5, 5.41) is 2.64. The van der Waals surface area contributed by atoms with Crippen LogP contribution in [0.15, 0.2) is 48.5 Å². The Kier molecular flexibility index (Phi) is 7.34. The zero-order chi connectivity index (χ0) is 19.8. The first kappa shape index (κ1) is 20.4.